The largest absolute Gasteiger partial charge is 0.493 e. The maximum absolute atomic E-state index is 5.57. The molecule has 1 fully saturated rings. The molecule has 1 aliphatic rings. The summed E-state index contributed by atoms with van der Waals surface area (Å²) >= 11 is 0. The van der Waals surface area contributed by atoms with Crippen LogP contribution < -0.4 is 19.3 Å². The minimum absolute atomic E-state index is 0.795. The van der Waals surface area contributed by atoms with Crippen molar-refractivity contribution in [3.63, 3.8) is 0 Å². The second-order valence-corrected chi connectivity index (χ2v) is 5.91. The Kier molecular flexibility index (Phi) is 5.03. The molecule has 0 radical (unpaired) electrons. The first kappa shape index (κ1) is 15.7. The van der Waals surface area contributed by atoms with E-state index >= 15 is 0 Å². The van der Waals surface area contributed by atoms with E-state index in [0.717, 1.165) is 49.9 Å². The summed E-state index contributed by atoms with van der Waals surface area (Å²) in [5, 5.41) is 0. The molecule has 1 heterocycles. The van der Waals surface area contributed by atoms with Gasteiger partial charge >= 0.3 is 0 Å². The van der Waals surface area contributed by atoms with Crippen LogP contribution in [-0.4, -0.2) is 40.4 Å². The van der Waals surface area contributed by atoms with Gasteiger partial charge in [0.05, 0.1) is 46.1 Å². The fraction of sp³-hybridized carbons (Fsp3) is 0.368. The number of hydrogen-bond donors (Lipinski definition) is 1. The maximum atomic E-state index is 5.57. The summed E-state index contributed by atoms with van der Waals surface area (Å²) in [7, 11) is 3.39. The lowest BCUT2D eigenvalue weighted by Gasteiger charge is -2.34. The summed E-state index contributed by atoms with van der Waals surface area (Å²) in [5.41, 5.74) is 2.54. The monoisotopic (exact) mass is 313 g/mol. The van der Waals surface area contributed by atoms with Gasteiger partial charge in [0.1, 0.15) is 6.54 Å². The highest BCUT2D eigenvalue weighted by Crippen LogP contribution is 2.37. The quantitative estimate of drug-likeness (QED) is 0.908. The van der Waals surface area contributed by atoms with Crippen molar-refractivity contribution in [3.8, 4) is 11.5 Å². The fourth-order valence-electron chi connectivity index (χ4n) is 3.24. The molecule has 2 aromatic carbocycles. The molecule has 3 rings (SSSR count). The molecule has 2 aromatic rings. The molecule has 0 atom stereocenters. The number of nitrogens with zero attached hydrogens (tertiary/aromatic N) is 1. The lowest BCUT2D eigenvalue weighted by Crippen LogP contribution is -3.13. The molecule has 0 aliphatic carbocycles. The summed E-state index contributed by atoms with van der Waals surface area (Å²) < 4.78 is 11.0. The number of anilines is 1. The molecule has 0 spiro atoms. The average Bonchev–Trinajstić information content (AvgIpc) is 2.62. The zero-order chi connectivity index (χ0) is 16.1. The van der Waals surface area contributed by atoms with E-state index in [0.29, 0.717) is 0 Å². The van der Waals surface area contributed by atoms with Gasteiger partial charge in [-0.05, 0) is 12.1 Å². The van der Waals surface area contributed by atoms with Gasteiger partial charge in [-0.25, -0.2) is 0 Å². The van der Waals surface area contributed by atoms with Gasteiger partial charge in [0.15, 0.2) is 11.5 Å². The molecule has 0 amide bonds. The predicted molar refractivity (Wildman–Crippen MR) is 92.6 cm³/mol. The molecule has 0 saturated carbocycles. The Balaban J connectivity index is 1.65. The topological polar surface area (TPSA) is 26.1 Å². The van der Waals surface area contributed by atoms with Crippen LogP contribution in [0.25, 0.3) is 0 Å². The third-order valence-corrected chi connectivity index (χ3v) is 4.49. The van der Waals surface area contributed by atoms with Gasteiger partial charge in [0, 0.05) is 5.56 Å². The normalized spacial score (nSPS) is 15.5. The van der Waals surface area contributed by atoms with Crippen LogP contribution in [0, 0.1) is 0 Å². The molecule has 0 aromatic heterocycles. The van der Waals surface area contributed by atoms with Crippen molar-refractivity contribution < 1.29 is 14.4 Å². The Morgan fingerprint density at radius 2 is 1.65 bits per heavy atom. The Hall–Kier alpha value is -2.20. The zero-order valence-corrected chi connectivity index (χ0v) is 13.9. The van der Waals surface area contributed by atoms with Crippen molar-refractivity contribution in [2.75, 3.05) is 45.3 Å². The highest BCUT2D eigenvalue weighted by Gasteiger charge is 2.23. The Labute approximate surface area is 138 Å². The van der Waals surface area contributed by atoms with Crippen LogP contribution in [0.2, 0.25) is 0 Å². The lowest BCUT2D eigenvalue weighted by atomic mass is 10.2. The second-order valence-electron chi connectivity index (χ2n) is 5.91. The first-order chi connectivity index (χ1) is 11.3. The number of benzene rings is 2. The van der Waals surface area contributed by atoms with Gasteiger partial charge < -0.3 is 19.3 Å². The summed E-state index contributed by atoms with van der Waals surface area (Å²) in [5.74, 6) is 1.63. The van der Waals surface area contributed by atoms with E-state index in [-0.39, 0.29) is 0 Å². The third kappa shape index (κ3) is 3.59. The molecule has 1 aliphatic heterocycles. The van der Waals surface area contributed by atoms with Crippen molar-refractivity contribution >= 4 is 5.69 Å². The van der Waals surface area contributed by atoms with Crippen molar-refractivity contribution in [2.24, 2.45) is 0 Å². The molecular formula is C19H25N2O2+. The number of nitrogens with one attached hydrogen (secondary N) is 1. The molecule has 23 heavy (non-hydrogen) atoms. The highest BCUT2D eigenvalue weighted by atomic mass is 16.5. The molecule has 0 unspecified atom stereocenters. The van der Waals surface area contributed by atoms with E-state index in [1.165, 1.54) is 5.56 Å². The van der Waals surface area contributed by atoms with Crippen molar-refractivity contribution in [1.82, 2.24) is 0 Å². The summed E-state index contributed by atoms with van der Waals surface area (Å²) in [6, 6.07) is 16.8. The van der Waals surface area contributed by atoms with E-state index < -0.39 is 0 Å². The molecule has 0 bridgehead atoms. The molecule has 4 nitrogen and oxygen atoms in total. The zero-order valence-electron chi connectivity index (χ0n) is 13.9. The minimum atomic E-state index is 0.795. The Morgan fingerprint density at radius 1 is 0.913 bits per heavy atom. The predicted octanol–water partition coefficient (Wildman–Crippen LogP) is 1.61. The van der Waals surface area contributed by atoms with E-state index in [2.05, 4.69) is 41.3 Å². The average molecular weight is 313 g/mol. The molecule has 1 saturated heterocycles. The molecule has 4 heteroatoms. The first-order valence-electron chi connectivity index (χ1n) is 8.15. The number of ether oxygens (including phenoxy) is 2. The van der Waals surface area contributed by atoms with Crippen LogP contribution in [0.5, 0.6) is 11.5 Å². The number of methoxy groups -OCH3 is 2. The smallest absolute Gasteiger partial charge is 0.184 e. The standard InChI is InChI=1S/C19H24N2O2/c1-22-18-10-6-9-17(19(18)23-2)21-13-11-20(12-14-21)15-16-7-4-3-5-8-16/h3-10H,11-15H2,1-2H3/p+1. The van der Waals surface area contributed by atoms with E-state index in [1.807, 2.05) is 12.1 Å². The third-order valence-electron chi connectivity index (χ3n) is 4.49. The summed E-state index contributed by atoms with van der Waals surface area (Å²) in [4.78, 5) is 4.03. The van der Waals surface area contributed by atoms with E-state index in [1.54, 1.807) is 19.1 Å². The van der Waals surface area contributed by atoms with Crippen molar-refractivity contribution in [3.05, 3.63) is 54.1 Å². The lowest BCUT2D eigenvalue weighted by molar-refractivity contribution is -0.914. The van der Waals surface area contributed by atoms with Crippen molar-refractivity contribution in [1.29, 1.82) is 0 Å². The van der Waals surface area contributed by atoms with Gasteiger partial charge in [0.25, 0.3) is 0 Å². The Bertz CT molecular complexity index is 623. The molecule has 1 N–H and O–H groups in total. The number of quaternary nitrogens is 1. The van der Waals surface area contributed by atoms with Crippen LogP contribution >= 0.6 is 0 Å². The van der Waals surface area contributed by atoms with Gasteiger partial charge in [-0.3, -0.25) is 0 Å². The molecule has 122 valence electrons. The van der Waals surface area contributed by atoms with Gasteiger partial charge in [-0.15, -0.1) is 0 Å². The Morgan fingerprint density at radius 3 is 2.30 bits per heavy atom. The summed E-state index contributed by atoms with van der Waals surface area (Å²) in [6.45, 7) is 5.44. The van der Waals surface area contributed by atoms with Crippen LogP contribution in [-0.2, 0) is 6.54 Å². The van der Waals surface area contributed by atoms with Crippen LogP contribution in [0.4, 0.5) is 5.69 Å². The van der Waals surface area contributed by atoms with Gasteiger partial charge in [-0.2, -0.15) is 0 Å². The van der Waals surface area contributed by atoms with Crippen molar-refractivity contribution in [2.45, 2.75) is 6.54 Å². The maximum Gasteiger partial charge on any atom is 0.184 e. The van der Waals surface area contributed by atoms with Crippen LogP contribution in [0.3, 0.4) is 0 Å². The van der Waals surface area contributed by atoms with Crippen LogP contribution in [0.1, 0.15) is 5.56 Å². The van der Waals surface area contributed by atoms with Gasteiger partial charge in [0.2, 0.25) is 0 Å². The number of para-hydroxylation sites is 1. The molecular weight excluding hydrogens is 288 g/mol. The summed E-state index contributed by atoms with van der Waals surface area (Å²) in [6.07, 6.45) is 0. The van der Waals surface area contributed by atoms with E-state index in [9.17, 15) is 0 Å². The first-order valence-corrected chi connectivity index (χ1v) is 8.15. The fourth-order valence-corrected chi connectivity index (χ4v) is 3.24. The van der Waals surface area contributed by atoms with Gasteiger partial charge in [-0.1, -0.05) is 36.4 Å². The van der Waals surface area contributed by atoms with E-state index in [4.69, 9.17) is 9.47 Å². The second kappa shape index (κ2) is 7.38. The minimum Gasteiger partial charge on any atom is -0.493 e. The van der Waals surface area contributed by atoms with Crippen LogP contribution in [0.15, 0.2) is 48.5 Å². The number of hydrogen-bond acceptors (Lipinski definition) is 3. The number of piperazine rings is 1. The SMILES string of the molecule is COc1cccc(N2CC[NH+](Cc3ccccc3)CC2)c1OC. The highest BCUT2D eigenvalue weighted by molar-refractivity contribution is 5.64. The number of rotatable bonds is 5.